The Bertz CT molecular complexity index is 2500. The van der Waals surface area contributed by atoms with Gasteiger partial charge >= 0.3 is 0 Å². The van der Waals surface area contributed by atoms with Gasteiger partial charge in [-0.1, -0.05) is 25.0 Å². The Morgan fingerprint density at radius 1 is 0.845 bits per heavy atom. The molecule has 302 valence electrons. The Morgan fingerprint density at radius 2 is 1.67 bits per heavy atom. The van der Waals surface area contributed by atoms with E-state index in [1.54, 1.807) is 33.6 Å². The topological polar surface area (TPSA) is 170 Å². The van der Waals surface area contributed by atoms with Gasteiger partial charge in [-0.05, 0) is 86.1 Å². The number of carbonyl (C=O) groups excluding carboxylic acids is 3. The van der Waals surface area contributed by atoms with E-state index >= 15 is 0 Å². The lowest BCUT2D eigenvalue weighted by Gasteiger charge is -2.36. The molecule has 0 radical (unpaired) electrons. The van der Waals surface area contributed by atoms with E-state index in [2.05, 4.69) is 31.5 Å². The first-order valence-corrected chi connectivity index (χ1v) is 22.1. The first-order chi connectivity index (χ1) is 28.1. The molecule has 2 aromatic heterocycles. The average Bonchev–Trinajstić information content (AvgIpc) is 4.04. The zero-order chi connectivity index (χ0) is 39.7. The SMILES string of the molecule is O=C1CCC(N2Cc3cc(N4CC5CC4CN5Cc4cccc(S(=O)(=O)N5CCC(Nc6ncc7ccc(=O)n(C8CCCC8)c7n6)CC5)c4)ccc3C2=O)C(=O)N1. The van der Waals surface area contributed by atoms with E-state index in [1.807, 2.05) is 34.9 Å². The second-order valence-corrected chi connectivity index (χ2v) is 18.7. The van der Waals surface area contributed by atoms with Crippen LogP contribution in [0.2, 0.25) is 0 Å². The molecule has 0 spiro atoms. The van der Waals surface area contributed by atoms with Crippen LogP contribution in [0.4, 0.5) is 11.6 Å². The van der Waals surface area contributed by atoms with E-state index in [4.69, 9.17) is 4.98 Å². The van der Waals surface area contributed by atoms with Crippen LogP contribution in [-0.2, 0) is 32.7 Å². The molecular weight excluding hydrogens is 759 g/mol. The van der Waals surface area contributed by atoms with Gasteiger partial charge in [0.05, 0.1) is 4.90 Å². The number of nitrogens with one attached hydrogen (secondary N) is 2. The van der Waals surface area contributed by atoms with Crippen LogP contribution in [0.3, 0.4) is 0 Å². The van der Waals surface area contributed by atoms with Gasteiger partial charge in [0.25, 0.3) is 11.5 Å². The van der Waals surface area contributed by atoms with Crippen molar-refractivity contribution in [2.75, 3.05) is 36.4 Å². The van der Waals surface area contributed by atoms with E-state index in [1.165, 1.54) is 0 Å². The lowest BCUT2D eigenvalue weighted by Crippen LogP contribution is -2.52. The maximum atomic E-state index is 13.9. The number of pyridine rings is 1. The number of nitrogens with zero attached hydrogens (tertiary/aromatic N) is 7. The summed E-state index contributed by atoms with van der Waals surface area (Å²) in [5.41, 5.74) is 4.14. The number of aromatic nitrogens is 3. The van der Waals surface area contributed by atoms with Crippen molar-refractivity contribution < 1.29 is 22.8 Å². The van der Waals surface area contributed by atoms with Crippen LogP contribution in [0.15, 0.2) is 70.5 Å². The number of imide groups is 1. The quantitative estimate of drug-likeness (QED) is 0.238. The number of piperidine rings is 2. The molecule has 15 nitrogen and oxygen atoms in total. The summed E-state index contributed by atoms with van der Waals surface area (Å²) in [5.74, 6) is -0.419. The fourth-order valence-electron chi connectivity index (χ4n) is 10.2. The molecule has 10 rings (SSSR count). The van der Waals surface area contributed by atoms with Crippen molar-refractivity contribution in [3.05, 3.63) is 87.8 Å². The summed E-state index contributed by atoms with van der Waals surface area (Å²) in [5, 5.41) is 6.62. The zero-order valence-corrected chi connectivity index (χ0v) is 33.1. The van der Waals surface area contributed by atoms with Gasteiger partial charge < -0.3 is 15.1 Å². The lowest BCUT2D eigenvalue weighted by atomic mass is 10.0. The third kappa shape index (κ3) is 6.64. The number of amides is 3. The molecule has 2 aromatic carbocycles. The van der Waals surface area contributed by atoms with Gasteiger partial charge in [0.15, 0.2) is 0 Å². The molecule has 3 atom stereocenters. The van der Waals surface area contributed by atoms with Gasteiger partial charge in [-0.2, -0.15) is 9.29 Å². The van der Waals surface area contributed by atoms with E-state index in [9.17, 15) is 27.6 Å². The lowest BCUT2D eigenvalue weighted by molar-refractivity contribution is -0.136. The Balaban J connectivity index is 0.751. The number of hydrogen-bond acceptors (Lipinski definition) is 11. The van der Waals surface area contributed by atoms with Gasteiger partial charge in [0.2, 0.25) is 27.8 Å². The smallest absolute Gasteiger partial charge is 0.255 e. The number of piperazine rings is 1. The monoisotopic (exact) mass is 805 g/mol. The van der Waals surface area contributed by atoms with Gasteiger partial charge in [-0.25, -0.2) is 13.4 Å². The fourth-order valence-corrected chi connectivity index (χ4v) is 11.8. The van der Waals surface area contributed by atoms with Crippen LogP contribution < -0.4 is 21.1 Å². The third-order valence-corrected chi connectivity index (χ3v) is 15.2. The van der Waals surface area contributed by atoms with Crippen LogP contribution in [0, 0.1) is 0 Å². The summed E-state index contributed by atoms with van der Waals surface area (Å²) in [6.07, 6.45) is 8.70. The molecule has 6 aliphatic rings. The highest BCUT2D eigenvalue weighted by Crippen LogP contribution is 2.38. The second kappa shape index (κ2) is 14.6. The van der Waals surface area contributed by atoms with Crippen LogP contribution in [0.5, 0.6) is 0 Å². The number of hydrogen-bond donors (Lipinski definition) is 2. The fraction of sp³-hybridized carbons (Fsp3) is 0.476. The summed E-state index contributed by atoms with van der Waals surface area (Å²) in [7, 11) is -3.70. The molecule has 2 bridgehead atoms. The van der Waals surface area contributed by atoms with E-state index in [-0.39, 0.29) is 35.9 Å². The molecule has 1 aliphatic carbocycles. The van der Waals surface area contributed by atoms with Crippen LogP contribution in [0.25, 0.3) is 11.0 Å². The molecule has 5 aliphatic heterocycles. The van der Waals surface area contributed by atoms with Crippen LogP contribution >= 0.6 is 0 Å². The number of carbonyl (C=O) groups is 3. The maximum Gasteiger partial charge on any atom is 0.255 e. The van der Waals surface area contributed by atoms with Crippen molar-refractivity contribution in [3.63, 3.8) is 0 Å². The van der Waals surface area contributed by atoms with Crippen molar-refractivity contribution >= 4 is 50.4 Å². The number of anilines is 2. The number of fused-ring (bicyclic) bond motifs is 4. The third-order valence-electron chi connectivity index (χ3n) is 13.3. The average molecular weight is 806 g/mol. The Hall–Kier alpha value is -5.19. The Labute approximate surface area is 336 Å². The number of benzene rings is 2. The van der Waals surface area contributed by atoms with Crippen LogP contribution in [-0.4, -0.2) is 105 Å². The maximum absolute atomic E-state index is 13.9. The van der Waals surface area contributed by atoms with Gasteiger partial charge in [0.1, 0.15) is 11.7 Å². The minimum absolute atomic E-state index is 0.00239. The summed E-state index contributed by atoms with van der Waals surface area (Å²) in [6.45, 7) is 3.44. The van der Waals surface area contributed by atoms with E-state index in [0.717, 1.165) is 67.4 Å². The Kier molecular flexibility index (Phi) is 9.32. The number of likely N-dealkylation sites (tertiary alicyclic amines) is 1. The summed E-state index contributed by atoms with van der Waals surface area (Å²) >= 11 is 0. The first kappa shape index (κ1) is 37.1. The molecule has 7 heterocycles. The largest absolute Gasteiger partial charge is 0.366 e. The van der Waals surface area contributed by atoms with Gasteiger partial charge in [-0.15, -0.1) is 0 Å². The minimum atomic E-state index is -3.70. The van der Waals surface area contributed by atoms with Crippen molar-refractivity contribution in [1.82, 2.24) is 34.0 Å². The van der Waals surface area contributed by atoms with Crippen molar-refractivity contribution in [3.8, 4) is 0 Å². The van der Waals surface area contributed by atoms with Gasteiger partial charge in [0, 0.05) is 98.8 Å². The zero-order valence-electron chi connectivity index (χ0n) is 32.3. The molecule has 16 heteroatoms. The van der Waals surface area contributed by atoms with Crippen molar-refractivity contribution in [1.29, 1.82) is 0 Å². The van der Waals surface area contributed by atoms with E-state index < -0.39 is 22.0 Å². The number of sulfonamides is 1. The second-order valence-electron chi connectivity index (χ2n) is 16.8. The molecule has 2 N–H and O–H groups in total. The summed E-state index contributed by atoms with van der Waals surface area (Å²) in [6, 6.07) is 16.8. The van der Waals surface area contributed by atoms with Gasteiger partial charge in [-0.3, -0.25) is 34.0 Å². The highest BCUT2D eigenvalue weighted by molar-refractivity contribution is 7.89. The molecule has 5 fully saturated rings. The minimum Gasteiger partial charge on any atom is -0.366 e. The molecule has 58 heavy (non-hydrogen) atoms. The predicted octanol–water partition coefficient (Wildman–Crippen LogP) is 3.40. The van der Waals surface area contributed by atoms with Crippen molar-refractivity contribution in [2.45, 2.75) is 106 Å². The highest BCUT2D eigenvalue weighted by atomic mass is 32.2. The predicted molar refractivity (Wildman–Crippen MR) is 216 cm³/mol. The Morgan fingerprint density at radius 3 is 2.45 bits per heavy atom. The van der Waals surface area contributed by atoms with Crippen LogP contribution in [0.1, 0.15) is 85.3 Å². The summed E-state index contributed by atoms with van der Waals surface area (Å²) < 4.78 is 31.2. The molecule has 4 saturated heterocycles. The molecular formula is C42H47N9O6S. The molecule has 3 unspecified atom stereocenters. The highest BCUT2D eigenvalue weighted by Gasteiger charge is 2.44. The molecule has 3 amide bonds. The number of rotatable bonds is 9. The van der Waals surface area contributed by atoms with Crippen molar-refractivity contribution in [2.24, 2.45) is 0 Å². The first-order valence-electron chi connectivity index (χ1n) is 20.6. The molecule has 1 saturated carbocycles. The van der Waals surface area contributed by atoms with E-state index in [0.29, 0.717) is 79.6 Å². The summed E-state index contributed by atoms with van der Waals surface area (Å²) in [4.78, 5) is 66.3. The molecule has 4 aromatic rings. The normalized spacial score (nSPS) is 24.6. The standard InChI is InChI=1S/C42H47N9O6S/c52-37-12-11-36(40(54)45-37)50-23-28-19-31(9-10-35(28)41(50)55)49-25-32-20-33(49)24-47(32)22-26-4-3-7-34(18-26)58(56,57)48-16-14-29(15-17-48)44-42-43-21-27-8-13-38(53)51(39(27)46-42)30-5-1-2-6-30/h3-4,7-10,13,18-19,21,29-30,32-33,36H,1-2,5-6,11-12,14-17,20,22-25H2,(H,43,44,46)(H,45,52,54).